The maximum atomic E-state index is 12.4. The molecule has 0 aliphatic carbocycles. The van der Waals surface area contributed by atoms with E-state index in [9.17, 15) is 24.1 Å². The van der Waals surface area contributed by atoms with Crippen molar-refractivity contribution in [1.29, 1.82) is 0 Å². The largest absolute Gasteiger partial charge is 0.360 e. The Labute approximate surface area is 215 Å². The summed E-state index contributed by atoms with van der Waals surface area (Å²) in [5, 5.41) is 2.64. The summed E-state index contributed by atoms with van der Waals surface area (Å²) in [6.07, 6.45) is 16.6. The van der Waals surface area contributed by atoms with E-state index in [4.69, 9.17) is 0 Å². The Morgan fingerprint density at radius 3 is 1.69 bits per heavy atom. The predicted molar refractivity (Wildman–Crippen MR) is 144 cm³/mol. The number of amides is 1. The minimum atomic E-state index is -2.40. The molecule has 7 nitrogen and oxygen atoms in total. The van der Waals surface area contributed by atoms with Crippen LogP contribution in [0.15, 0.2) is 0 Å². The molecular weight excluding hydrogens is 463 g/mol. The fourth-order valence-electron chi connectivity index (χ4n) is 4.08. The van der Waals surface area contributed by atoms with Crippen LogP contribution in [-0.2, 0) is 19.2 Å². The van der Waals surface area contributed by atoms with Gasteiger partial charge in [0, 0.05) is 32.2 Å². The van der Waals surface area contributed by atoms with Crippen molar-refractivity contribution < 1.29 is 29.0 Å². The van der Waals surface area contributed by atoms with Gasteiger partial charge in [0.05, 0.1) is 27.1 Å². The molecule has 0 spiro atoms. The maximum Gasteiger partial charge on any atom is 0.217 e. The molecule has 0 aliphatic rings. The van der Waals surface area contributed by atoms with Crippen molar-refractivity contribution in [2.45, 2.75) is 129 Å². The van der Waals surface area contributed by atoms with Crippen LogP contribution in [0.25, 0.3) is 0 Å². The van der Waals surface area contributed by atoms with Gasteiger partial charge in [-0.15, -0.1) is 0 Å². The maximum absolute atomic E-state index is 12.4. The fourth-order valence-corrected chi connectivity index (χ4v) is 5.07. The van der Waals surface area contributed by atoms with E-state index >= 15 is 0 Å². The molecule has 0 fully saturated rings. The number of hydrogen-bond donors (Lipinski definition) is 3. The van der Waals surface area contributed by atoms with Crippen LogP contribution in [0, 0.1) is 0 Å². The highest BCUT2D eigenvalue weighted by Crippen LogP contribution is 2.35. The van der Waals surface area contributed by atoms with Gasteiger partial charge in [-0.25, -0.2) is 0 Å². The standard InChI is InChI=1S/C27H51N2O5P/c1-5-6-7-8-9-10-11-12-13-14-15-16-17-18-25(31)21-24(28-23(2)30)22-27(33)35(34)26(32)19-20-29(3)4/h24,34H,5-22H2,1-4H3,(H,28,30)/p+1. The van der Waals surface area contributed by atoms with Crippen molar-refractivity contribution in [3.05, 3.63) is 0 Å². The van der Waals surface area contributed by atoms with Crippen LogP contribution in [0.5, 0.6) is 0 Å². The van der Waals surface area contributed by atoms with E-state index in [-0.39, 0.29) is 31.0 Å². The summed E-state index contributed by atoms with van der Waals surface area (Å²) >= 11 is 0. The van der Waals surface area contributed by atoms with E-state index in [2.05, 4.69) is 12.2 Å². The van der Waals surface area contributed by atoms with Gasteiger partial charge in [0.15, 0.2) is 19.2 Å². The third-order valence-electron chi connectivity index (χ3n) is 6.17. The van der Waals surface area contributed by atoms with E-state index in [1.807, 2.05) is 14.1 Å². The molecule has 0 rings (SSSR count). The van der Waals surface area contributed by atoms with Crippen LogP contribution in [0.2, 0.25) is 0 Å². The SMILES string of the molecule is CCCCCCCCCCCCCCCC(=O)CC(CC(=O)P(O)C(=O)CC[NH+](C)C)NC(C)=O. The summed E-state index contributed by atoms with van der Waals surface area (Å²) in [4.78, 5) is 59.5. The van der Waals surface area contributed by atoms with E-state index in [1.54, 1.807) is 0 Å². The molecule has 0 aromatic heterocycles. The summed E-state index contributed by atoms with van der Waals surface area (Å²) in [5.74, 6) is -0.328. The van der Waals surface area contributed by atoms with Crippen molar-refractivity contribution in [2.75, 3.05) is 20.6 Å². The second-order valence-corrected chi connectivity index (χ2v) is 11.8. The highest BCUT2D eigenvalue weighted by Gasteiger charge is 2.28. The number of nitrogens with one attached hydrogen (secondary N) is 2. The van der Waals surface area contributed by atoms with Crippen LogP contribution in [0.1, 0.15) is 123 Å². The number of ketones is 1. The molecule has 0 saturated carbocycles. The minimum absolute atomic E-state index is 0.00410. The zero-order valence-corrected chi connectivity index (χ0v) is 23.7. The molecular formula is C27H52N2O5P+. The number of Topliss-reactive ketones (excluding diaryl/α,β-unsaturated/α-hetero) is 1. The summed E-state index contributed by atoms with van der Waals surface area (Å²) in [5.41, 5.74) is -1.03. The number of carbonyl (C=O) groups is 4. The van der Waals surface area contributed by atoms with Crippen LogP contribution in [0.3, 0.4) is 0 Å². The first-order valence-corrected chi connectivity index (χ1v) is 15.1. The Kier molecular flexibility index (Phi) is 21.3. The zero-order chi connectivity index (χ0) is 26.5. The number of hydrogen-bond acceptors (Lipinski definition) is 5. The lowest BCUT2D eigenvalue weighted by Crippen LogP contribution is -3.05. The van der Waals surface area contributed by atoms with Crippen LogP contribution >= 0.6 is 8.15 Å². The Bertz CT molecular complexity index is 612. The number of carbonyl (C=O) groups excluding carboxylic acids is 4. The molecule has 204 valence electrons. The van der Waals surface area contributed by atoms with Gasteiger partial charge in [0.2, 0.25) is 5.91 Å². The number of quaternary nitrogens is 1. The number of unbranched alkanes of at least 4 members (excludes halogenated alkanes) is 12. The second kappa shape index (κ2) is 22.1. The Balaban J connectivity index is 4.08. The molecule has 0 aliphatic heterocycles. The van der Waals surface area contributed by atoms with Gasteiger partial charge in [-0.1, -0.05) is 84.0 Å². The first-order chi connectivity index (χ1) is 16.7. The quantitative estimate of drug-likeness (QED) is 0.131. The second-order valence-electron chi connectivity index (χ2n) is 10.1. The van der Waals surface area contributed by atoms with Crippen molar-refractivity contribution in [3.8, 4) is 0 Å². The monoisotopic (exact) mass is 515 g/mol. The van der Waals surface area contributed by atoms with E-state index in [1.165, 1.54) is 71.1 Å². The van der Waals surface area contributed by atoms with Gasteiger partial charge < -0.3 is 15.1 Å². The van der Waals surface area contributed by atoms with Gasteiger partial charge in [-0.2, -0.15) is 0 Å². The zero-order valence-electron chi connectivity index (χ0n) is 22.8. The normalized spacial score (nSPS) is 13.0. The van der Waals surface area contributed by atoms with Crippen LogP contribution < -0.4 is 10.2 Å². The summed E-state index contributed by atoms with van der Waals surface area (Å²) < 4.78 is 0. The van der Waals surface area contributed by atoms with Crippen molar-refractivity contribution in [1.82, 2.24) is 5.32 Å². The molecule has 0 bridgehead atoms. The first-order valence-electron chi connectivity index (χ1n) is 13.8. The first kappa shape index (κ1) is 33.8. The third kappa shape index (κ3) is 20.7. The number of rotatable bonds is 24. The highest BCUT2D eigenvalue weighted by molar-refractivity contribution is 7.84. The summed E-state index contributed by atoms with van der Waals surface area (Å²) in [6.45, 7) is 4.12. The molecule has 2 unspecified atom stereocenters. The van der Waals surface area contributed by atoms with Crippen LogP contribution in [0.4, 0.5) is 0 Å². The molecule has 0 radical (unpaired) electrons. The van der Waals surface area contributed by atoms with Crippen LogP contribution in [-0.4, -0.2) is 54.3 Å². The van der Waals surface area contributed by atoms with E-state index < -0.39 is 25.2 Å². The average molecular weight is 516 g/mol. The molecule has 1 amide bonds. The van der Waals surface area contributed by atoms with Gasteiger partial charge in [-0.05, 0) is 6.42 Å². The lowest BCUT2D eigenvalue weighted by molar-refractivity contribution is -0.857. The molecule has 0 aromatic carbocycles. The molecule has 35 heavy (non-hydrogen) atoms. The molecule has 3 N–H and O–H groups in total. The van der Waals surface area contributed by atoms with Crippen molar-refractivity contribution >= 4 is 30.9 Å². The Morgan fingerprint density at radius 1 is 0.743 bits per heavy atom. The summed E-state index contributed by atoms with van der Waals surface area (Å²) in [7, 11) is 1.39. The topological polar surface area (TPSA) is 105 Å². The molecule has 0 saturated heterocycles. The lowest BCUT2D eigenvalue weighted by atomic mass is 10.0. The molecule has 0 heterocycles. The van der Waals surface area contributed by atoms with Gasteiger partial charge in [0.25, 0.3) is 0 Å². The Hall–Kier alpha value is -1.17. The lowest BCUT2D eigenvalue weighted by Gasteiger charge is -2.18. The van der Waals surface area contributed by atoms with Gasteiger partial charge >= 0.3 is 0 Å². The van der Waals surface area contributed by atoms with Crippen molar-refractivity contribution in [2.24, 2.45) is 0 Å². The fraction of sp³-hybridized carbons (Fsp3) is 0.852. The van der Waals surface area contributed by atoms with Gasteiger partial charge in [0.1, 0.15) is 5.78 Å². The third-order valence-corrected chi connectivity index (χ3v) is 7.52. The van der Waals surface area contributed by atoms with E-state index in [0.29, 0.717) is 13.0 Å². The predicted octanol–water partition coefficient (Wildman–Crippen LogP) is 4.30. The van der Waals surface area contributed by atoms with Gasteiger partial charge in [-0.3, -0.25) is 19.2 Å². The molecule has 0 aromatic rings. The summed E-state index contributed by atoms with van der Waals surface area (Å²) in [6, 6.07) is -0.668. The molecule has 2 atom stereocenters. The minimum Gasteiger partial charge on any atom is -0.360 e. The average Bonchev–Trinajstić information content (AvgIpc) is 2.79. The highest BCUT2D eigenvalue weighted by atomic mass is 31.1. The molecule has 8 heteroatoms. The smallest absolute Gasteiger partial charge is 0.217 e. The Morgan fingerprint density at radius 2 is 1.23 bits per heavy atom. The van der Waals surface area contributed by atoms with Crippen molar-refractivity contribution in [3.63, 3.8) is 0 Å². The van der Waals surface area contributed by atoms with E-state index in [0.717, 1.165) is 24.2 Å².